The van der Waals surface area contributed by atoms with Crippen LogP contribution in [-0.2, 0) is 16.6 Å². The minimum atomic E-state index is -3.80. The molecular formula is C24H19N3O3S. The first-order valence-corrected chi connectivity index (χ1v) is 11.3. The van der Waals surface area contributed by atoms with Crippen molar-refractivity contribution < 1.29 is 8.42 Å². The molecule has 154 valence electrons. The number of H-pyrrole nitrogens is 1. The summed E-state index contributed by atoms with van der Waals surface area (Å²) in [7, 11) is -3.80. The van der Waals surface area contributed by atoms with Gasteiger partial charge in [-0.25, -0.2) is 8.42 Å². The average Bonchev–Trinajstić information content (AvgIpc) is 3.08. The van der Waals surface area contributed by atoms with E-state index in [1.807, 2.05) is 54.6 Å². The molecule has 31 heavy (non-hydrogen) atoms. The van der Waals surface area contributed by atoms with Crippen LogP contribution in [0.4, 0.5) is 5.69 Å². The van der Waals surface area contributed by atoms with E-state index in [1.165, 1.54) is 0 Å². The molecule has 1 aromatic heterocycles. The number of aromatic amines is 1. The summed E-state index contributed by atoms with van der Waals surface area (Å²) >= 11 is 0. The number of nitrogens with one attached hydrogen (secondary N) is 2. The Kier molecular flexibility index (Phi) is 4.60. The van der Waals surface area contributed by atoms with E-state index in [1.54, 1.807) is 41.1 Å². The maximum Gasteiger partial charge on any atom is 0.272 e. The molecule has 0 bridgehead atoms. The van der Waals surface area contributed by atoms with Crippen LogP contribution in [-0.4, -0.2) is 18.2 Å². The van der Waals surface area contributed by atoms with E-state index in [2.05, 4.69) is 9.82 Å². The molecule has 0 fully saturated rings. The van der Waals surface area contributed by atoms with Crippen molar-refractivity contribution in [3.8, 4) is 0 Å². The lowest BCUT2D eigenvalue weighted by molar-refractivity contribution is 0.601. The Morgan fingerprint density at radius 2 is 1.55 bits per heavy atom. The Morgan fingerprint density at radius 3 is 2.35 bits per heavy atom. The quantitative estimate of drug-likeness (QED) is 0.436. The molecule has 0 aliphatic carbocycles. The van der Waals surface area contributed by atoms with Crippen LogP contribution in [0, 0.1) is 0 Å². The zero-order valence-corrected chi connectivity index (χ0v) is 17.3. The monoisotopic (exact) mass is 429 g/mol. The first kappa shape index (κ1) is 19.1. The van der Waals surface area contributed by atoms with E-state index in [9.17, 15) is 13.2 Å². The zero-order valence-electron chi connectivity index (χ0n) is 16.4. The summed E-state index contributed by atoms with van der Waals surface area (Å²) in [5, 5.41) is 5.06. The number of nitrogens with zero attached hydrogens (tertiary/aromatic N) is 1. The van der Waals surface area contributed by atoms with Gasteiger partial charge in [0.15, 0.2) is 0 Å². The highest BCUT2D eigenvalue weighted by molar-refractivity contribution is 7.92. The summed E-state index contributed by atoms with van der Waals surface area (Å²) in [6.45, 7) is 0.516. The number of fused-ring (bicyclic) bond motifs is 2. The Hall–Kier alpha value is -3.84. The lowest BCUT2D eigenvalue weighted by Gasteiger charge is -2.10. The van der Waals surface area contributed by atoms with Gasteiger partial charge in [-0.15, -0.1) is 0 Å². The summed E-state index contributed by atoms with van der Waals surface area (Å²) in [6.07, 6.45) is 0. The molecule has 0 radical (unpaired) electrons. The number of aromatic nitrogens is 2. The molecule has 0 saturated heterocycles. The molecule has 5 aromatic rings. The number of benzene rings is 4. The highest BCUT2D eigenvalue weighted by atomic mass is 32.2. The van der Waals surface area contributed by atoms with Gasteiger partial charge in [-0.1, -0.05) is 60.7 Å². The van der Waals surface area contributed by atoms with Crippen molar-refractivity contribution in [1.82, 2.24) is 9.78 Å². The van der Waals surface area contributed by atoms with Crippen molar-refractivity contribution in [2.75, 3.05) is 4.72 Å². The smallest absolute Gasteiger partial charge is 0.272 e. The molecule has 6 nitrogen and oxygen atoms in total. The summed E-state index contributed by atoms with van der Waals surface area (Å²) in [4.78, 5) is 12.6. The largest absolute Gasteiger partial charge is 0.280 e. The maximum atomic E-state index is 12.9. The molecule has 0 saturated carbocycles. The van der Waals surface area contributed by atoms with E-state index < -0.39 is 10.0 Å². The van der Waals surface area contributed by atoms with Gasteiger partial charge in [0.25, 0.3) is 15.6 Å². The Bertz CT molecular complexity index is 1570. The van der Waals surface area contributed by atoms with Crippen LogP contribution in [0.2, 0.25) is 0 Å². The molecule has 4 aromatic carbocycles. The van der Waals surface area contributed by atoms with Crippen LogP contribution in [0.25, 0.3) is 21.7 Å². The number of rotatable bonds is 5. The second kappa shape index (κ2) is 7.45. The third-order valence-electron chi connectivity index (χ3n) is 5.24. The van der Waals surface area contributed by atoms with E-state index in [0.29, 0.717) is 23.1 Å². The fraction of sp³-hybridized carbons (Fsp3) is 0.0417. The number of hydrogen-bond donors (Lipinski definition) is 2. The Morgan fingerprint density at radius 1 is 0.806 bits per heavy atom. The first-order valence-electron chi connectivity index (χ1n) is 9.78. The SMILES string of the molecule is O=c1[nH]n(Cc2ccccc2)c2ccc(NS(=O)(=O)c3ccc4ccccc4c3)cc12. The van der Waals surface area contributed by atoms with E-state index in [-0.39, 0.29) is 10.5 Å². The second-order valence-electron chi connectivity index (χ2n) is 7.36. The Labute approximate surface area is 178 Å². The van der Waals surface area contributed by atoms with Crippen molar-refractivity contribution in [2.24, 2.45) is 0 Å². The molecule has 0 amide bonds. The van der Waals surface area contributed by atoms with Gasteiger partial charge in [-0.2, -0.15) is 0 Å². The highest BCUT2D eigenvalue weighted by Gasteiger charge is 2.16. The normalized spacial score (nSPS) is 11.7. The van der Waals surface area contributed by atoms with Gasteiger partial charge in [0, 0.05) is 5.69 Å². The summed E-state index contributed by atoms with van der Waals surface area (Å²) in [6, 6.07) is 27.3. The fourth-order valence-corrected chi connectivity index (χ4v) is 4.78. The predicted octanol–water partition coefficient (Wildman–Crippen LogP) is 4.33. The third kappa shape index (κ3) is 3.71. The molecule has 0 spiro atoms. The summed E-state index contributed by atoms with van der Waals surface area (Å²) in [5.74, 6) is 0. The minimum Gasteiger partial charge on any atom is -0.280 e. The fourth-order valence-electron chi connectivity index (χ4n) is 3.70. The summed E-state index contributed by atoms with van der Waals surface area (Å²) in [5.41, 5.74) is 1.83. The van der Waals surface area contributed by atoms with Crippen LogP contribution in [0.1, 0.15) is 5.56 Å². The van der Waals surface area contributed by atoms with Crippen molar-refractivity contribution in [1.29, 1.82) is 0 Å². The van der Waals surface area contributed by atoms with Gasteiger partial charge < -0.3 is 0 Å². The van der Waals surface area contributed by atoms with E-state index >= 15 is 0 Å². The van der Waals surface area contributed by atoms with Gasteiger partial charge in [0.05, 0.1) is 22.3 Å². The molecule has 1 heterocycles. The van der Waals surface area contributed by atoms with Gasteiger partial charge in [-0.3, -0.25) is 19.3 Å². The molecule has 7 heteroatoms. The highest BCUT2D eigenvalue weighted by Crippen LogP contribution is 2.23. The van der Waals surface area contributed by atoms with Gasteiger partial charge >= 0.3 is 0 Å². The van der Waals surface area contributed by atoms with Crippen LogP contribution >= 0.6 is 0 Å². The van der Waals surface area contributed by atoms with Crippen LogP contribution in [0.15, 0.2) is 101 Å². The third-order valence-corrected chi connectivity index (χ3v) is 6.61. The number of anilines is 1. The molecular weight excluding hydrogens is 410 g/mol. The lowest BCUT2D eigenvalue weighted by Crippen LogP contribution is -2.13. The summed E-state index contributed by atoms with van der Waals surface area (Å²) < 4.78 is 30.2. The minimum absolute atomic E-state index is 0.168. The molecule has 0 unspecified atom stereocenters. The lowest BCUT2D eigenvalue weighted by atomic mass is 10.1. The zero-order chi connectivity index (χ0) is 21.4. The van der Waals surface area contributed by atoms with Gasteiger partial charge in [0.1, 0.15) is 0 Å². The molecule has 5 rings (SSSR count). The number of hydrogen-bond acceptors (Lipinski definition) is 3. The van der Waals surface area contributed by atoms with Crippen LogP contribution in [0.3, 0.4) is 0 Å². The van der Waals surface area contributed by atoms with Crippen molar-refractivity contribution in [3.05, 3.63) is 107 Å². The van der Waals surface area contributed by atoms with Crippen LogP contribution < -0.4 is 10.3 Å². The molecule has 0 aliphatic heterocycles. The van der Waals surface area contributed by atoms with E-state index in [0.717, 1.165) is 16.3 Å². The Balaban J connectivity index is 1.47. The van der Waals surface area contributed by atoms with Crippen molar-refractivity contribution >= 4 is 37.4 Å². The molecule has 0 aliphatic rings. The predicted molar refractivity (Wildman–Crippen MR) is 123 cm³/mol. The number of sulfonamides is 1. The topological polar surface area (TPSA) is 84.0 Å². The molecule has 0 atom stereocenters. The van der Waals surface area contributed by atoms with Crippen molar-refractivity contribution in [2.45, 2.75) is 11.4 Å². The molecule has 2 N–H and O–H groups in total. The van der Waals surface area contributed by atoms with E-state index in [4.69, 9.17) is 0 Å². The maximum absolute atomic E-state index is 12.9. The average molecular weight is 430 g/mol. The first-order chi connectivity index (χ1) is 15.0. The van der Waals surface area contributed by atoms with Gasteiger partial charge in [-0.05, 0) is 46.7 Å². The standard InChI is InChI=1S/C24H19N3O3S/c28-24-22-15-20(11-13-23(22)27(25-24)16-17-6-2-1-3-7-17)26-31(29,30)21-12-10-18-8-4-5-9-19(18)14-21/h1-15,26H,16H2,(H,25,28). The second-order valence-corrected chi connectivity index (χ2v) is 9.04. The van der Waals surface area contributed by atoms with Crippen LogP contribution in [0.5, 0.6) is 0 Å². The van der Waals surface area contributed by atoms with Crippen molar-refractivity contribution in [3.63, 3.8) is 0 Å². The van der Waals surface area contributed by atoms with Gasteiger partial charge in [0.2, 0.25) is 0 Å².